The van der Waals surface area contributed by atoms with E-state index in [4.69, 9.17) is 4.74 Å². The van der Waals surface area contributed by atoms with Crippen molar-refractivity contribution in [2.24, 2.45) is 5.92 Å². The van der Waals surface area contributed by atoms with Gasteiger partial charge in [-0.2, -0.15) is 0 Å². The van der Waals surface area contributed by atoms with Crippen LogP contribution in [0.2, 0.25) is 0 Å². The molecule has 0 saturated carbocycles. The second kappa shape index (κ2) is 6.04. The molecule has 0 aromatic heterocycles. The molecule has 126 valence electrons. The Bertz CT molecular complexity index is 578. The number of carbonyl (C=O) groups excluding carboxylic acids is 2. The number of carboxylic acids is 1. The van der Waals surface area contributed by atoms with Crippen molar-refractivity contribution in [3.63, 3.8) is 0 Å². The molecule has 2 atom stereocenters. The number of aliphatic carboxylic acids is 1. The van der Waals surface area contributed by atoms with E-state index in [-0.39, 0.29) is 12.5 Å². The highest BCUT2D eigenvalue weighted by Gasteiger charge is 2.45. The third-order valence-corrected chi connectivity index (χ3v) is 3.45. The van der Waals surface area contributed by atoms with Crippen LogP contribution in [0.25, 0.3) is 0 Å². The summed E-state index contributed by atoms with van der Waals surface area (Å²) in [6.07, 6.45) is 2.28. The predicted molar refractivity (Wildman–Crippen MR) is 81.0 cm³/mol. The number of fused-ring (bicyclic) bond motifs is 1. The third kappa shape index (κ3) is 3.53. The van der Waals surface area contributed by atoms with E-state index in [1.54, 1.807) is 31.9 Å². The van der Waals surface area contributed by atoms with Crippen LogP contribution in [0.3, 0.4) is 0 Å². The molecule has 0 aromatic carbocycles. The lowest BCUT2D eigenvalue weighted by molar-refractivity contribution is -0.141. The number of hydrazine groups is 1. The number of carbonyl (C=O) groups is 3. The fourth-order valence-corrected chi connectivity index (χ4v) is 2.55. The molecule has 2 rings (SSSR count). The predicted octanol–water partition coefficient (Wildman–Crippen LogP) is 0.723. The summed E-state index contributed by atoms with van der Waals surface area (Å²) in [5.41, 5.74) is -0.309. The lowest BCUT2D eigenvalue weighted by Gasteiger charge is -2.24. The standard InChI is InChI=1S/C15H21N3O5/c1-5-9(13(20)21)11-6-7-17-8-10(12(19)18(11)17)16-14(22)23-15(2,3)4/h5-6,9-10H,1,7-8H2,2-4H3,(H,16,22)(H,20,21)/t9?,10-/m0/s1. The molecule has 2 N–H and O–H groups in total. The Morgan fingerprint density at radius 1 is 1.52 bits per heavy atom. The van der Waals surface area contributed by atoms with Crippen LogP contribution < -0.4 is 5.32 Å². The Balaban J connectivity index is 2.07. The van der Waals surface area contributed by atoms with Crippen LogP contribution >= 0.6 is 0 Å². The normalized spacial score (nSPS) is 22.4. The van der Waals surface area contributed by atoms with E-state index in [9.17, 15) is 19.5 Å². The Morgan fingerprint density at radius 2 is 2.17 bits per heavy atom. The maximum absolute atomic E-state index is 12.5. The monoisotopic (exact) mass is 323 g/mol. The second-order valence-corrected chi connectivity index (χ2v) is 6.40. The first-order valence-corrected chi connectivity index (χ1v) is 7.28. The van der Waals surface area contributed by atoms with Crippen LogP contribution in [-0.4, -0.2) is 57.8 Å². The molecule has 2 heterocycles. The van der Waals surface area contributed by atoms with Crippen molar-refractivity contribution in [1.82, 2.24) is 15.3 Å². The lowest BCUT2D eigenvalue weighted by Crippen LogP contribution is -2.45. The highest BCUT2D eigenvalue weighted by Crippen LogP contribution is 2.30. The Kier molecular flexibility index (Phi) is 4.46. The minimum Gasteiger partial charge on any atom is -0.481 e. The summed E-state index contributed by atoms with van der Waals surface area (Å²) in [7, 11) is 0. The van der Waals surface area contributed by atoms with Crippen LogP contribution in [0.15, 0.2) is 24.4 Å². The van der Waals surface area contributed by atoms with Crippen LogP contribution in [0.5, 0.6) is 0 Å². The summed E-state index contributed by atoms with van der Waals surface area (Å²) in [4.78, 5) is 35.6. The molecule has 2 amide bonds. The van der Waals surface area contributed by atoms with Crippen LogP contribution in [0.4, 0.5) is 4.79 Å². The van der Waals surface area contributed by atoms with Gasteiger partial charge in [0, 0.05) is 13.1 Å². The van der Waals surface area contributed by atoms with E-state index < -0.39 is 29.6 Å². The zero-order chi connectivity index (χ0) is 17.4. The lowest BCUT2D eigenvalue weighted by atomic mass is 10.1. The number of nitrogens with zero attached hydrogens (tertiary/aromatic N) is 2. The molecule has 23 heavy (non-hydrogen) atoms. The molecule has 1 fully saturated rings. The number of hydrogen-bond acceptors (Lipinski definition) is 5. The first-order valence-electron chi connectivity index (χ1n) is 7.28. The topological polar surface area (TPSA) is 99.2 Å². The maximum Gasteiger partial charge on any atom is 0.408 e. The number of ether oxygens (including phenoxy) is 1. The Labute approximate surface area is 134 Å². The number of amides is 2. The van der Waals surface area contributed by atoms with E-state index in [2.05, 4.69) is 11.9 Å². The number of carboxylic acid groups (broad SMARTS) is 1. The number of rotatable bonds is 4. The van der Waals surface area contributed by atoms with Gasteiger partial charge >= 0.3 is 12.1 Å². The molecule has 8 heteroatoms. The number of alkyl carbamates (subject to hydrolysis) is 1. The third-order valence-electron chi connectivity index (χ3n) is 3.45. The average molecular weight is 323 g/mol. The molecular weight excluding hydrogens is 302 g/mol. The molecule has 0 spiro atoms. The quantitative estimate of drug-likeness (QED) is 0.740. The second-order valence-electron chi connectivity index (χ2n) is 6.40. The van der Waals surface area contributed by atoms with Crippen LogP contribution in [0.1, 0.15) is 20.8 Å². The smallest absolute Gasteiger partial charge is 0.408 e. The van der Waals surface area contributed by atoms with E-state index in [1.165, 1.54) is 11.1 Å². The van der Waals surface area contributed by atoms with Gasteiger partial charge in [0.1, 0.15) is 17.6 Å². The van der Waals surface area contributed by atoms with Crippen molar-refractivity contribution in [2.75, 3.05) is 13.1 Å². The SMILES string of the molecule is C=CC(C(=O)O)C1=CCN2C[C@H](NC(=O)OC(C)(C)C)C(=O)N12. The number of hydrogen-bond donors (Lipinski definition) is 2. The first-order chi connectivity index (χ1) is 10.6. The van der Waals surface area contributed by atoms with Gasteiger partial charge in [-0.15, -0.1) is 6.58 Å². The fourth-order valence-electron chi connectivity index (χ4n) is 2.55. The van der Waals surface area contributed by atoms with Gasteiger partial charge in [-0.3, -0.25) is 9.59 Å². The van der Waals surface area contributed by atoms with Gasteiger partial charge < -0.3 is 15.2 Å². The van der Waals surface area contributed by atoms with Gasteiger partial charge in [0.25, 0.3) is 5.91 Å². The van der Waals surface area contributed by atoms with Gasteiger partial charge in [-0.05, 0) is 26.8 Å². The number of nitrogens with one attached hydrogen (secondary N) is 1. The average Bonchev–Trinajstić information content (AvgIpc) is 2.91. The summed E-state index contributed by atoms with van der Waals surface area (Å²) in [5, 5.41) is 14.7. The molecule has 1 unspecified atom stereocenters. The zero-order valence-electron chi connectivity index (χ0n) is 13.4. The molecule has 0 radical (unpaired) electrons. The van der Waals surface area contributed by atoms with Crippen molar-refractivity contribution in [3.8, 4) is 0 Å². The molecule has 0 bridgehead atoms. The molecule has 0 aromatic rings. The van der Waals surface area contributed by atoms with E-state index in [0.717, 1.165) is 0 Å². The minimum absolute atomic E-state index is 0.265. The molecule has 2 aliphatic rings. The maximum atomic E-state index is 12.5. The zero-order valence-corrected chi connectivity index (χ0v) is 13.4. The fraction of sp³-hybridized carbons (Fsp3) is 0.533. The Morgan fingerprint density at radius 3 is 2.70 bits per heavy atom. The van der Waals surface area contributed by atoms with Gasteiger partial charge in [-0.25, -0.2) is 14.8 Å². The molecular formula is C15H21N3O5. The first kappa shape index (κ1) is 17.0. The van der Waals surface area contributed by atoms with Gasteiger partial charge in [0.15, 0.2) is 0 Å². The summed E-state index contributed by atoms with van der Waals surface area (Å²) in [5.74, 6) is -2.43. The van der Waals surface area contributed by atoms with Crippen LogP contribution in [0, 0.1) is 5.92 Å². The van der Waals surface area contributed by atoms with E-state index in [0.29, 0.717) is 12.2 Å². The minimum atomic E-state index is -1.08. The molecule has 1 saturated heterocycles. The van der Waals surface area contributed by atoms with Gasteiger partial charge in [0.05, 0.1) is 5.70 Å². The highest BCUT2D eigenvalue weighted by atomic mass is 16.6. The molecule has 0 aliphatic carbocycles. The highest BCUT2D eigenvalue weighted by molar-refractivity contribution is 5.90. The van der Waals surface area contributed by atoms with Crippen molar-refractivity contribution >= 4 is 18.0 Å². The van der Waals surface area contributed by atoms with E-state index in [1.807, 2.05) is 0 Å². The molecule has 8 nitrogen and oxygen atoms in total. The summed E-state index contributed by atoms with van der Waals surface area (Å²) in [6, 6.07) is -0.771. The van der Waals surface area contributed by atoms with E-state index >= 15 is 0 Å². The Hall–Kier alpha value is -2.35. The summed E-state index contributed by atoms with van der Waals surface area (Å²) < 4.78 is 5.14. The van der Waals surface area contributed by atoms with Crippen LogP contribution in [-0.2, 0) is 14.3 Å². The van der Waals surface area contributed by atoms with Gasteiger partial charge in [-0.1, -0.05) is 6.08 Å². The van der Waals surface area contributed by atoms with Gasteiger partial charge in [0.2, 0.25) is 0 Å². The summed E-state index contributed by atoms with van der Waals surface area (Å²) >= 11 is 0. The largest absolute Gasteiger partial charge is 0.481 e. The van der Waals surface area contributed by atoms with Crippen molar-refractivity contribution in [3.05, 3.63) is 24.4 Å². The van der Waals surface area contributed by atoms with Crippen molar-refractivity contribution in [2.45, 2.75) is 32.4 Å². The summed E-state index contributed by atoms with van der Waals surface area (Å²) in [6.45, 7) is 9.37. The molecule has 2 aliphatic heterocycles. The van der Waals surface area contributed by atoms with Crippen molar-refractivity contribution in [1.29, 1.82) is 0 Å². The van der Waals surface area contributed by atoms with Crippen molar-refractivity contribution < 1.29 is 24.2 Å².